The Balaban J connectivity index is 1.64. The van der Waals surface area contributed by atoms with Crippen LogP contribution in [0.5, 0.6) is 5.75 Å². The molecule has 3 rings (SSSR count). The number of carbonyl (C=O) groups is 2. The number of aliphatic carboxylic acids is 1. The molecule has 30 heavy (non-hydrogen) atoms. The highest BCUT2D eigenvalue weighted by molar-refractivity contribution is 6.08. The Morgan fingerprint density at radius 1 is 0.933 bits per heavy atom. The van der Waals surface area contributed by atoms with Crippen LogP contribution in [-0.4, -0.2) is 21.4 Å². The summed E-state index contributed by atoms with van der Waals surface area (Å²) < 4.78 is 7.47. The molecule has 0 aliphatic heterocycles. The second kappa shape index (κ2) is 8.57. The number of aromatic nitrogens is 1. The number of carbonyl (C=O) groups excluding carboxylic acids is 1. The Morgan fingerprint density at radius 2 is 1.57 bits per heavy atom. The number of hydrogen-bond acceptors (Lipinski definition) is 3. The van der Waals surface area contributed by atoms with Gasteiger partial charge in [-0.25, -0.2) is 0 Å². The van der Waals surface area contributed by atoms with Crippen LogP contribution < -0.4 is 4.74 Å². The maximum Gasteiger partial charge on any atom is 0.309 e. The fourth-order valence-corrected chi connectivity index (χ4v) is 3.23. The van der Waals surface area contributed by atoms with Crippen LogP contribution in [-0.2, 0) is 30.3 Å². The molecule has 0 bridgehead atoms. The lowest BCUT2D eigenvalue weighted by atomic mass is 9.87. The van der Waals surface area contributed by atoms with Crippen molar-refractivity contribution >= 4 is 11.8 Å². The van der Waals surface area contributed by atoms with Gasteiger partial charge in [0.1, 0.15) is 12.4 Å². The summed E-state index contributed by atoms with van der Waals surface area (Å²) in [7, 11) is 1.70. The number of hydrogen-bond donors (Lipinski definition) is 1. The lowest BCUT2D eigenvalue weighted by Gasteiger charge is -2.19. The van der Waals surface area contributed by atoms with Crippen molar-refractivity contribution in [2.75, 3.05) is 0 Å². The summed E-state index contributed by atoms with van der Waals surface area (Å²) in [6, 6.07) is 18.7. The fourth-order valence-electron chi connectivity index (χ4n) is 3.23. The molecule has 1 aromatic heterocycles. The molecule has 0 saturated heterocycles. The van der Waals surface area contributed by atoms with E-state index in [0.29, 0.717) is 29.3 Å². The molecule has 1 N–H and O–H groups in total. The van der Waals surface area contributed by atoms with Crippen LogP contribution in [0.4, 0.5) is 0 Å². The van der Waals surface area contributed by atoms with E-state index >= 15 is 0 Å². The molecule has 0 unspecified atom stereocenters. The van der Waals surface area contributed by atoms with E-state index in [-0.39, 0.29) is 17.6 Å². The van der Waals surface area contributed by atoms with Gasteiger partial charge in [-0.1, -0.05) is 45.0 Å². The van der Waals surface area contributed by atoms with E-state index < -0.39 is 5.97 Å². The molecule has 0 atom stereocenters. The molecule has 0 aliphatic carbocycles. The van der Waals surface area contributed by atoms with Crippen molar-refractivity contribution in [1.29, 1.82) is 0 Å². The van der Waals surface area contributed by atoms with Gasteiger partial charge in [0, 0.05) is 18.3 Å². The summed E-state index contributed by atoms with van der Waals surface area (Å²) in [6.07, 6.45) is -0.118. The molecule has 3 aromatic rings. The molecule has 2 aromatic carbocycles. The highest BCUT2D eigenvalue weighted by atomic mass is 16.5. The van der Waals surface area contributed by atoms with E-state index in [1.807, 2.05) is 0 Å². The predicted octanol–water partition coefficient (Wildman–Crippen LogP) is 4.76. The van der Waals surface area contributed by atoms with Crippen molar-refractivity contribution in [3.8, 4) is 5.75 Å². The largest absolute Gasteiger partial charge is 0.489 e. The first-order valence-corrected chi connectivity index (χ1v) is 9.88. The normalized spacial score (nSPS) is 11.3. The maximum atomic E-state index is 12.8. The van der Waals surface area contributed by atoms with Gasteiger partial charge in [-0.2, -0.15) is 0 Å². The van der Waals surface area contributed by atoms with Gasteiger partial charge in [0.15, 0.2) is 0 Å². The topological polar surface area (TPSA) is 68.5 Å². The molecule has 5 heteroatoms. The van der Waals surface area contributed by atoms with Crippen molar-refractivity contribution in [3.05, 3.63) is 88.7 Å². The first kappa shape index (κ1) is 21.4. The minimum atomic E-state index is -0.926. The Morgan fingerprint density at radius 3 is 2.13 bits per heavy atom. The minimum Gasteiger partial charge on any atom is -0.489 e. The second-order valence-electron chi connectivity index (χ2n) is 8.43. The molecule has 5 nitrogen and oxygen atoms in total. The Bertz CT molecular complexity index is 1040. The van der Waals surface area contributed by atoms with Gasteiger partial charge in [0.05, 0.1) is 12.1 Å². The van der Waals surface area contributed by atoms with Gasteiger partial charge in [0.2, 0.25) is 5.78 Å². The number of carboxylic acid groups (broad SMARTS) is 1. The Kier molecular flexibility index (Phi) is 6.11. The van der Waals surface area contributed by atoms with Crippen LogP contribution in [0.3, 0.4) is 0 Å². The first-order valence-electron chi connectivity index (χ1n) is 9.88. The van der Waals surface area contributed by atoms with E-state index in [0.717, 1.165) is 5.56 Å². The summed E-state index contributed by atoms with van der Waals surface area (Å²) in [5, 5.41) is 8.96. The van der Waals surface area contributed by atoms with Crippen LogP contribution in [0.15, 0.2) is 60.7 Å². The highest BCUT2D eigenvalue weighted by Crippen LogP contribution is 2.23. The van der Waals surface area contributed by atoms with Crippen LogP contribution >= 0.6 is 0 Å². The minimum absolute atomic E-state index is 0.118. The predicted molar refractivity (Wildman–Crippen MR) is 116 cm³/mol. The Hall–Kier alpha value is -3.34. The van der Waals surface area contributed by atoms with Gasteiger partial charge in [0.25, 0.3) is 0 Å². The van der Waals surface area contributed by atoms with Gasteiger partial charge < -0.3 is 14.4 Å². The third-order valence-electron chi connectivity index (χ3n) is 5.13. The number of benzene rings is 2. The average molecular weight is 405 g/mol. The number of carboxylic acids is 1. The lowest BCUT2D eigenvalue weighted by Crippen LogP contribution is -2.11. The van der Waals surface area contributed by atoms with Crippen molar-refractivity contribution in [3.63, 3.8) is 0 Å². The van der Waals surface area contributed by atoms with E-state index in [4.69, 9.17) is 9.84 Å². The van der Waals surface area contributed by atoms with Crippen LogP contribution in [0.2, 0.25) is 0 Å². The number of ether oxygens (including phenoxy) is 1. The molecule has 0 saturated carbocycles. The quantitative estimate of drug-likeness (QED) is 0.576. The second-order valence-corrected chi connectivity index (χ2v) is 8.43. The third-order valence-corrected chi connectivity index (χ3v) is 5.13. The molecule has 156 valence electrons. The molecule has 0 aliphatic rings. The summed E-state index contributed by atoms with van der Waals surface area (Å²) in [5.41, 5.74) is 4.05. The smallest absolute Gasteiger partial charge is 0.309 e. The molecule has 0 fully saturated rings. The van der Waals surface area contributed by atoms with Crippen LogP contribution in [0.1, 0.15) is 53.6 Å². The molecule has 1 heterocycles. The van der Waals surface area contributed by atoms with E-state index in [1.54, 1.807) is 48.0 Å². The molecule has 0 amide bonds. The van der Waals surface area contributed by atoms with E-state index in [9.17, 15) is 9.59 Å². The molecular weight excluding hydrogens is 378 g/mol. The number of rotatable bonds is 7. The summed E-state index contributed by atoms with van der Waals surface area (Å²) in [4.78, 5) is 23.7. The van der Waals surface area contributed by atoms with E-state index in [2.05, 4.69) is 45.0 Å². The molecule has 0 spiro atoms. The third kappa shape index (κ3) is 4.98. The number of ketones is 1. The van der Waals surface area contributed by atoms with Crippen molar-refractivity contribution in [1.82, 2.24) is 4.57 Å². The maximum absolute atomic E-state index is 12.8. The summed E-state index contributed by atoms with van der Waals surface area (Å²) >= 11 is 0. The zero-order valence-electron chi connectivity index (χ0n) is 17.8. The van der Waals surface area contributed by atoms with Gasteiger partial charge in [-0.05, 0) is 52.9 Å². The zero-order chi connectivity index (χ0) is 21.9. The SMILES string of the molecule is Cn1c(CC(=O)O)ccc1C(=O)c1ccc(OCc2ccc(C(C)(C)C)cc2)cc1. The van der Waals surface area contributed by atoms with Crippen molar-refractivity contribution in [2.24, 2.45) is 7.05 Å². The fraction of sp³-hybridized carbons (Fsp3) is 0.280. The van der Waals surface area contributed by atoms with Gasteiger partial charge >= 0.3 is 5.97 Å². The standard InChI is InChI=1S/C25H27NO4/c1-25(2,3)19-9-5-17(6-10-19)16-30-21-12-7-18(8-13-21)24(29)22-14-11-20(26(22)4)15-23(27)28/h5-14H,15-16H2,1-4H3,(H,27,28). The van der Waals surface area contributed by atoms with Crippen LogP contribution in [0.25, 0.3) is 0 Å². The van der Waals surface area contributed by atoms with Gasteiger partial charge in [-0.15, -0.1) is 0 Å². The van der Waals surface area contributed by atoms with Crippen molar-refractivity contribution in [2.45, 2.75) is 39.2 Å². The number of nitrogens with zero attached hydrogens (tertiary/aromatic N) is 1. The average Bonchev–Trinajstić information content (AvgIpc) is 3.05. The summed E-state index contributed by atoms with van der Waals surface area (Å²) in [6.45, 7) is 7.01. The zero-order valence-corrected chi connectivity index (χ0v) is 17.8. The van der Waals surface area contributed by atoms with Gasteiger partial charge in [-0.3, -0.25) is 9.59 Å². The van der Waals surface area contributed by atoms with E-state index in [1.165, 1.54) is 5.56 Å². The Labute approximate surface area is 176 Å². The molecular formula is C25H27NO4. The first-order chi connectivity index (χ1) is 14.1. The van der Waals surface area contributed by atoms with Crippen molar-refractivity contribution < 1.29 is 19.4 Å². The lowest BCUT2D eigenvalue weighted by molar-refractivity contribution is -0.136. The highest BCUT2D eigenvalue weighted by Gasteiger charge is 2.16. The van der Waals surface area contributed by atoms with Crippen LogP contribution in [0, 0.1) is 0 Å². The molecule has 0 radical (unpaired) electrons. The summed E-state index contributed by atoms with van der Waals surface area (Å²) in [5.74, 6) is -0.395. The monoisotopic (exact) mass is 405 g/mol.